The molecular formula is C23H30N2O4S. The first-order valence-corrected chi connectivity index (χ1v) is 11.8. The summed E-state index contributed by atoms with van der Waals surface area (Å²) in [6, 6.07) is 11.1. The first kappa shape index (κ1) is 22.3. The van der Waals surface area contributed by atoms with Gasteiger partial charge in [-0.25, -0.2) is 8.42 Å². The van der Waals surface area contributed by atoms with Gasteiger partial charge in [0.1, 0.15) is 10.6 Å². The molecular weight excluding hydrogens is 400 g/mol. The SMILES string of the molecule is CCc1cccc(C)c1NC(=O)[C@H]1CCCN(S(=O)(=O)c2cc(C)ccc2OC)C1. The molecule has 162 valence electrons. The van der Waals surface area contributed by atoms with E-state index in [0.717, 1.165) is 28.8 Å². The standard InChI is InChI=1S/C23H30N2O4S/c1-5-18-9-6-8-17(3)22(18)24-23(26)19-10-7-13-25(15-19)30(27,28)21-14-16(2)11-12-20(21)29-4/h6,8-9,11-12,14,19H,5,7,10,13,15H2,1-4H3,(H,24,26)/t19-/m0/s1. The van der Waals surface area contributed by atoms with E-state index < -0.39 is 15.9 Å². The van der Waals surface area contributed by atoms with E-state index in [1.54, 1.807) is 12.1 Å². The highest BCUT2D eigenvalue weighted by Gasteiger charge is 2.35. The summed E-state index contributed by atoms with van der Waals surface area (Å²) in [4.78, 5) is 13.2. The predicted molar refractivity (Wildman–Crippen MR) is 118 cm³/mol. The van der Waals surface area contributed by atoms with E-state index in [4.69, 9.17) is 4.74 Å². The third-order valence-electron chi connectivity index (χ3n) is 5.68. The molecule has 0 unspecified atom stereocenters. The summed E-state index contributed by atoms with van der Waals surface area (Å²) in [5.74, 6) is -0.205. The van der Waals surface area contributed by atoms with Crippen LogP contribution in [0.2, 0.25) is 0 Å². The van der Waals surface area contributed by atoms with Crippen molar-refractivity contribution in [2.24, 2.45) is 5.92 Å². The lowest BCUT2D eigenvalue weighted by molar-refractivity contribution is -0.120. The Balaban J connectivity index is 1.82. The number of carbonyl (C=O) groups is 1. The van der Waals surface area contributed by atoms with Crippen molar-refractivity contribution >= 4 is 21.6 Å². The summed E-state index contributed by atoms with van der Waals surface area (Å²) >= 11 is 0. The van der Waals surface area contributed by atoms with Crippen molar-refractivity contribution in [1.82, 2.24) is 4.31 Å². The molecule has 1 atom stereocenters. The number of piperidine rings is 1. The number of amides is 1. The lowest BCUT2D eigenvalue weighted by Crippen LogP contribution is -2.43. The average Bonchev–Trinajstić information content (AvgIpc) is 2.75. The van der Waals surface area contributed by atoms with Gasteiger partial charge in [-0.2, -0.15) is 4.31 Å². The van der Waals surface area contributed by atoms with Gasteiger partial charge < -0.3 is 10.1 Å². The maximum absolute atomic E-state index is 13.3. The van der Waals surface area contributed by atoms with E-state index >= 15 is 0 Å². The van der Waals surface area contributed by atoms with Crippen LogP contribution in [0.5, 0.6) is 5.75 Å². The highest BCUT2D eigenvalue weighted by Crippen LogP contribution is 2.31. The number of sulfonamides is 1. The van der Waals surface area contributed by atoms with E-state index in [0.29, 0.717) is 25.1 Å². The molecule has 1 amide bonds. The van der Waals surface area contributed by atoms with E-state index in [9.17, 15) is 13.2 Å². The van der Waals surface area contributed by atoms with Crippen molar-refractivity contribution < 1.29 is 17.9 Å². The number of hydrogen-bond donors (Lipinski definition) is 1. The minimum atomic E-state index is -3.76. The highest BCUT2D eigenvalue weighted by atomic mass is 32.2. The lowest BCUT2D eigenvalue weighted by atomic mass is 9.98. The second-order valence-corrected chi connectivity index (χ2v) is 9.71. The summed E-state index contributed by atoms with van der Waals surface area (Å²) in [6.07, 6.45) is 2.12. The number of benzene rings is 2. The second kappa shape index (κ2) is 9.18. The Labute approximate surface area is 179 Å². The molecule has 1 fully saturated rings. The summed E-state index contributed by atoms with van der Waals surface area (Å²) in [5.41, 5.74) is 3.76. The molecule has 6 nitrogen and oxygen atoms in total. The van der Waals surface area contributed by atoms with Gasteiger partial charge in [0.2, 0.25) is 15.9 Å². The van der Waals surface area contributed by atoms with Gasteiger partial charge in [0.25, 0.3) is 0 Å². The molecule has 1 heterocycles. The topological polar surface area (TPSA) is 75.7 Å². The van der Waals surface area contributed by atoms with Crippen LogP contribution in [0.1, 0.15) is 36.5 Å². The number of aryl methyl sites for hydroxylation is 3. The summed E-state index contributed by atoms with van der Waals surface area (Å²) in [5, 5.41) is 3.06. The number of ether oxygens (including phenoxy) is 1. The fourth-order valence-corrected chi connectivity index (χ4v) is 5.69. The van der Waals surface area contributed by atoms with Gasteiger partial charge in [0, 0.05) is 18.8 Å². The normalized spacial score (nSPS) is 17.5. The molecule has 1 saturated heterocycles. The minimum Gasteiger partial charge on any atom is -0.495 e. The van der Waals surface area contributed by atoms with Crippen LogP contribution in [-0.2, 0) is 21.2 Å². The van der Waals surface area contributed by atoms with Crippen LogP contribution >= 0.6 is 0 Å². The quantitative estimate of drug-likeness (QED) is 0.754. The minimum absolute atomic E-state index is 0.130. The van der Waals surface area contributed by atoms with E-state index in [1.165, 1.54) is 11.4 Å². The number of anilines is 1. The molecule has 0 saturated carbocycles. The Hall–Kier alpha value is -2.38. The van der Waals surface area contributed by atoms with E-state index in [1.807, 2.05) is 38.1 Å². The van der Waals surface area contributed by atoms with Crippen LogP contribution in [-0.4, -0.2) is 38.8 Å². The Bertz CT molecular complexity index is 1030. The largest absolute Gasteiger partial charge is 0.495 e. The zero-order valence-electron chi connectivity index (χ0n) is 18.1. The van der Waals surface area contributed by atoms with Crippen LogP contribution in [0.3, 0.4) is 0 Å². The monoisotopic (exact) mass is 430 g/mol. The molecule has 0 bridgehead atoms. The maximum Gasteiger partial charge on any atom is 0.246 e. The van der Waals surface area contributed by atoms with Crippen molar-refractivity contribution in [3.63, 3.8) is 0 Å². The van der Waals surface area contributed by atoms with Crippen LogP contribution in [0.4, 0.5) is 5.69 Å². The Morgan fingerprint density at radius 3 is 2.70 bits per heavy atom. The van der Waals surface area contributed by atoms with Crippen LogP contribution < -0.4 is 10.1 Å². The Morgan fingerprint density at radius 1 is 1.23 bits per heavy atom. The van der Waals surface area contributed by atoms with Crippen molar-refractivity contribution in [1.29, 1.82) is 0 Å². The molecule has 7 heteroatoms. The number of rotatable bonds is 6. The van der Waals surface area contributed by atoms with Crippen molar-refractivity contribution in [2.45, 2.75) is 44.9 Å². The number of methoxy groups -OCH3 is 1. The Morgan fingerprint density at radius 2 is 2.00 bits per heavy atom. The predicted octanol–water partition coefficient (Wildman–Crippen LogP) is 3.91. The summed E-state index contributed by atoms with van der Waals surface area (Å²) in [7, 11) is -2.30. The third kappa shape index (κ3) is 4.52. The number of carbonyl (C=O) groups excluding carboxylic acids is 1. The highest BCUT2D eigenvalue weighted by molar-refractivity contribution is 7.89. The fraction of sp³-hybridized carbons (Fsp3) is 0.435. The van der Waals surface area contributed by atoms with Gasteiger partial charge in [-0.05, 0) is 61.9 Å². The first-order chi connectivity index (χ1) is 14.3. The van der Waals surface area contributed by atoms with Gasteiger partial charge >= 0.3 is 0 Å². The zero-order chi connectivity index (χ0) is 21.9. The van der Waals surface area contributed by atoms with Crippen molar-refractivity contribution in [3.8, 4) is 5.75 Å². The fourth-order valence-electron chi connectivity index (χ4n) is 3.93. The Kier molecular flexibility index (Phi) is 6.83. The molecule has 0 radical (unpaired) electrons. The average molecular weight is 431 g/mol. The molecule has 0 aliphatic carbocycles. The molecule has 1 N–H and O–H groups in total. The molecule has 2 aromatic carbocycles. The number of hydrogen-bond acceptors (Lipinski definition) is 4. The van der Waals surface area contributed by atoms with E-state index in [2.05, 4.69) is 12.2 Å². The molecule has 3 rings (SSSR count). The molecule has 0 aromatic heterocycles. The lowest BCUT2D eigenvalue weighted by Gasteiger charge is -2.32. The van der Waals surface area contributed by atoms with Gasteiger partial charge in [0.15, 0.2) is 0 Å². The van der Waals surface area contributed by atoms with Crippen LogP contribution in [0, 0.1) is 19.8 Å². The van der Waals surface area contributed by atoms with Crippen molar-refractivity contribution in [3.05, 3.63) is 53.1 Å². The molecule has 1 aliphatic heterocycles. The molecule has 1 aliphatic rings. The summed E-state index contributed by atoms with van der Waals surface area (Å²) in [6.45, 7) is 6.43. The number of para-hydroxylation sites is 1. The van der Waals surface area contributed by atoms with E-state index in [-0.39, 0.29) is 17.3 Å². The first-order valence-electron chi connectivity index (χ1n) is 10.3. The van der Waals surface area contributed by atoms with Gasteiger partial charge in [-0.15, -0.1) is 0 Å². The van der Waals surface area contributed by atoms with Crippen molar-refractivity contribution in [2.75, 3.05) is 25.5 Å². The maximum atomic E-state index is 13.3. The smallest absolute Gasteiger partial charge is 0.246 e. The van der Waals surface area contributed by atoms with Gasteiger partial charge in [0.05, 0.1) is 13.0 Å². The third-order valence-corrected chi connectivity index (χ3v) is 7.57. The molecule has 2 aromatic rings. The molecule has 0 spiro atoms. The number of nitrogens with one attached hydrogen (secondary N) is 1. The van der Waals surface area contributed by atoms with Gasteiger partial charge in [-0.3, -0.25) is 4.79 Å². The zero-order valence-corrected chi connectivity index (χ0v) is 18.9. The summed E-state index contributed by atoms with van der Waals surface area (Å²) < 4.78 is 33.3. The molecule has 30 heavy (non-hydrogen) atoms. The van der Waals surface area contributed by atoms with Crippen LogP contribution in [0.15, 0.2) is 41.3 Å². The number of nitrogens with zero attached hydrogens (tertiary/aromatic N) is 1. The van der Waals surface area contributed by atoms with Gasteiger partial charge in [-0.1, -0.05) is 31.2 Å². The van der Waals surface area contributed by atoms with Crippen LogP contribution in [0.25, 0.3) is 0 Å². The second-order valence-electron chi connectivity index (χ2n) is 7.81.